The summed E-state index contributed by atoms with van der Waals surface area (Å²) < 4.78 is 39.6. The van der Waals surface area contributed by atoms with Gasteiger partial charge in [0.1, 0.15) is 4.90 Å². The Morgan fingerprint density at radius 2 is 2.05 bits per heavy atom. The number of sulfonamides is 1. The van der Waals surface area contributed by atoms with Gasteiger partial charge < -0.3 is 11.2 Å². The standard InChI is InChI=1S/C9H12FN5O5S/c10-6-3-5(15(17)18)4-7(14-12)9(6)21(19,20)13-2-1-8(11)16/h3-4,13-14H,1-2,12H2,(H2,11,16). The van der Waals surface area contributed by atoms with Crippen molar-refractivity contribution in [3.8, 4) is 0 Å². The smallest absolute Gasteiger partial charge is 0.274 e. The lowest BCUT2D eigenvalue weighted by molar-refractivity contribution is -0.385. The third kappa shape index (κ3) is 4.08. The minimum absolute atomic E-state index is 0.292. The van der Waals surface area contributed by atoms with Crippen LogP contribution in [0.1, 0.15) is 6.42 Å². The summed E-state index contributed by atoms with van der Waals surface area (Å²) in [6.07, 6.45) is -0.292. The Bertz CT molecular complexity index is 677. The number of anilines is 1. The molecule has 0 aliphatic rings. The predicted octanol–water partition coefficient (Wildman–Crippen LogP) is -0.827. The minimum atomic E-state index is -4.37. The number of benzene rings is 1. The van der Waals surface area contributed by atoms with E-state index in [-0.39, 0.29) is 13.0 Å². The third-order valence-electron chi connectivity index (χ3n) is 2.33. The zero-order chi connectivity index (χ0) is 16.2. The number of nitro benzene ring substituents is 1. The molecule has 0 radical (unpaired) electrons. The minimum Gasteiger partial charge on any atom is -0.370 e. The summed E-state index contributed by atoms with van der Waals surface area (Å²) in [7, 11) is -4.37. The van der Waals surface area contributed by atoms with E-state index in [9.17, 15) is 27.7 Å². The van der Waals surface area contributed by atoms with Crippen LogP contribution in [0, 0.1) is 15.9 Å². The molecule has 0 aromatic heterocycles. The number of hydrogen-bond acceptors (Lipinski definition) is 7. The number of hydrazine groups is 1. The first-order valence-corrected chi connectivity index (χ1v) is 6.90. The number of nitrogen functional groups attached to an aromatic ring is 1. The van der Waals surface area contributed by atoms with Crippen LogP contribution in [-0.4, -0.2) is 25.8 Å². The van der Waals surface area contributed by atoms with Crippen molar-refractivity contribution in [1.29, 1.82) is 0 Å². The molecular formula is C9H12FN5O5S. The number of hydrogen-bond donors (Lipinski definition) is 4. The van der Waals surface area contributed by atoms with Crippen LogP contribution < -0.4 is 21.7 Å². The van der Waals surface area contributed by atoms with Crippen molar-refractivity contribution < 1.29 is 22.5 Å². The summed E-state index contributed by atoms with van der Waals surface area (Å²) in [6.45, 7) is -0.349. The Morgan fingerprint density at radius 1 is 1.43 bits per heavy atom. The number of amides is 1. The highest BCUT2D eigenvalue weighted by Crippen LogP contribution is 2.28. The number of nitrogens with one attached hydrogen (secondary N) is 2. The van der Waals surface area contributed by atoms with Gasteiger partial charge in [0, 0.05) is 19.0 Å². The third-order valence-corrected chi connectivity index (χ3v) is 3.86. The van der Waals surface area contributed by atoms with Crippen LogP contribution >= 0.6 is 0 Å². The van der Waals surface area contributed by atoms with Gasteiger partial charge in [-0.15, -0.1) is 0 Å². The molecule has 0 bridgehead atoms. The van der Waals surface area contributed by atoms with Gasteiger partial charge in [-0.25, -0.2) is 17.5 Å². The molecule has 1 rings (SSSR count). The van der Waals surface area contributed by atoms with Crippen molar-refractivity contribution in [2.75, 3.05) is 12.0 Å². The molecule has 1 aromatic rings. The van der Waals surface area contributed by atoms with Crippen molar-refractivity contribution >= 4 is 27.3 Å². The summed E-state index contributed by atoms with van der Waals surface area (Å²) in [6, 6.07) is 1.22. The van der Waals surface area contributed by atoms with Crippen molar-refractivity contribution in [3.05, 3.63) is 28.1 Å². The fourth-order valence-electron chi connectivity index (χ4n) is 1.45. The average molecular weight is 321 g/mol. The van der Waals surface area contributed by atoms with E-state index in [1.807, 2.05) is 10.1 Å². The van der Waals surface area contributed by atoms with Crippen molar-refractivity contribution in [2.45, 2.75) is 11.3 Å². The van der Waals surface area contributed by atoms with Gasteiger partial charge in [0.25, 0.3) is 5.69 Å². The number of carbonyl (C=O) groups is 1. The first kappa shape index (κ1) is 16.7. The van der Waals surface area contributed by atoms with Gasteiger partial charge in [0.05, 0.1) is 16.7 Å². The first-order chi connectivity index (χ1) is 9.69. The fourth-order valence-corrected chi connectivity index (χ4v) is 2.68. The largest absolute Gasteiger partial charge is 0.370 e. The summed E-state index contributed by atoms with van der Waals surface area (Å²) in [5.41, 5.74) is 5.56. The SMILES string of the molecule is NNc1cc([N+](=O)[O-])cc(F)c1S(=O)(=O)NCCC(N)=O. The maximum atomic E-state index is 13.8. The van der Waals surface area contributed by atoms with E-state index >= 15 is 0 Å². The van der Waals surface area contributed by atoms with Crippen LogP contribution in [0.4, 0.5) is 15.8 Å². The monoisotopic (exact) mass is 321 g/mol. The number of rotatable bonds is 7. The summed E-state index contributed by atoms with van der Waals surface area (Å²) in [5, 5.41) is 10.6. The van der Waals surface area contributed by atoms with Gasteiger partial charge in [-0.1, -0.05) is 0 Å². The lowest BCUT2D eigenvalue weighted by Gasteiger charge is -2.11. The van der Waals surface area contributed by atoms with Gasteiger partial charge in [0.2, 0.25) is 15.9 Å². The molecule has 0 aliphatic heterocycles. The molecular weight excluding hydrogens is 309 g/mol. The summed E-state index contributed by atoms with van der Waals surface area (Å²) >= 11 is 0. The predicted molar refractivity (Wildman–Crippen MR) is 69.9 cm³/mol. The fraction of sp³-hybridized carbons (Fsp3) is 0.222. The van der Waals surface area contributed by atoms with E-state index in [1.54, 1.807) is 0 Å². The Labute approximate surface area is 118 Å². The summed E-state index contributed by atoms with van der Waals surface area (Å²) in [4.78, 5) is 19.3. The summed E-state index contributed by atoms with van der Waals surface area (Å²) in [5.74, 6) is 2.95. The lowest BCUT2D eigenvalue weighted by Crippen LogP contribution is -2.29. The molecule has 0 heterocycles. The second-order valence-corrected chi connectivity index (χ2v) is 5.52. The number of halogens is 1. The molecule has 21 heavy (non-hydrogen) atoms. The molecule has 1 amide bonds. The topological polar surface area (TPSA) is 170 Å². The number of primary amides is 1. The molecule has 0 saturated heterocycles. The van der Waals surface area contributed by atoms with Crippen molar-refractivity contribution in [2.24, 2.45) is 11.6 Å². The molecule has 0 unspecified atom stereocenters. The zero-order valence-electron chi connectivity index (χ0n) is 10.5. The molecule has 0 aliphatic carbocycles. The molecule has 0 atom stereocenters. The molecule has 1 aromatic carbocycles. The molecule has 0 spiro atoms. The van der Waals surface area contributed by atoms with E-state index in [1.165, 1.54) is 0 Å². The van der Waals surface area contributed by atoms with E-state index in [4.69, 9.17) is 11.6 Å². The quantitative estimate of drug-likeness (QED) is 0.288. The van der Waals surface area contributed by atoms with Crippen LogP contribution in [0.3, 0.4) is 0 Å². The number of nitro groups is 1. The zero-order valence-corrected chi connectivity index (χ0v) is 11.3. The number of nitrogens with zero attached hydrogens (tertiary/aromatic N) is 1. The highest BCUT2D eigenvalue weighted by Gasteiger charge is 2.26. The molecule has 6 N–H and O–H groups in total. The highest BCUT2D eigenvalue weighted by atomic mass is 32.2. The lowest BCUT2D eigenvalue weighted by atomic mass is 10.3. The molecule has 10 nitrogen and oxygen atoms in total. The van der Waals surface area contributed by atoms with Gasteiger partial charge in [-0.3, -0.25) is 20.8 Å². The Morgan fingerprint density at radius 3 is 2.52 bits per heavy atom. The first-order valence-electron chi connectivity index (χ1n) is 5.41. The number of nitrogens with two attached hydrogens (primary N) is 2. The molecule has 12 heteroatoms. The normalized spacial score (nSPS) is 11.1. The van der Waals surface area contributed by atoms with Gasteiger partial charge in [-0.2, -0.15) is 0 Å². The van der Waals surface area contributed by atoms with Gasteiger partial charge in [0.15, 0.2) is 5.82 Å². The Kier molecular flexibility index (Phi) is 5.12. The maximum Gasteiger partial charge on any atom is 0.274 e. The Hall–Kier alpha value is -2.31. The van der Waals surface area contributed by atoms with Crippen LogP contribution in [0.5, 0.6) is 0 Å². The number of non-ortho nitro benzene ring substituents is 1. The van der Waals surface area contributed by atoms with Gasteiger partial charge in [-0.05, 0) is 0 Å². The van der Waals surface area contributed by atoms with Gasteiger partial charge >= 0.3 is 0 Å². The Balaban J connectivity index is 3.22. The second kappa shape index (κ2) is 6.43. The van der Waals surface area contributed by atoms with E-state index in [0.717, 1.165) is 6.07 Å². The van der Waals surface area contributed by atoms with Crippen LogP contribution in [-0.2, 0) is 14.8 Å². The van der Waals surface area contributed by atoms with Crippen LogP contribution in [0.25, 0.3) is 0 Å². The molecule has 0 fully saturated rings. The maximum absolute atomic E-state index is 13.8. The van der Waals surface area contributed by atoms with Crippen LogP contribution in [0.15, 0.2) is 17.0 Å². The number of carbonyl (C=O) groups excluding carboxylic acids is 1. The van der Waals surface area contributed by atoms with E-state index in [2.05, 4.69) is 0 Å². The molecule has 116 valence electrons. The van der Waals surface area contributed by atoms with Crippen molar-refractivity contribution in [3.63, 3.8) is 0 Å². The van der Waals surface area contributed by atoms with E-state index in [0.29, 0.717) is 6.07 Å². The van der Waals surface area contributed by atoms with Crippen molar-refractivity contribution in [1.82, 2.24) is 4.72 Å². The average Bonchev–Trinajstić information content (AvgIpc) is 2.36. The van der Waals surface area contributed by atoms with Crippen LogP contribution in [0.2, 0.25) is 0 Å². The second-order valence-electron chi connectivity index (χ2n) is 3.82. The van der Waals surface area contributed by atoms with E-state index < -0.39 is 42.9 Å². The molecule has 0 saturated carbocycles. The highest BCUT2D eigenvalue weighted by molar-refractivity contribution is 7.89.